The Kier molecular flexibility index (Phi) is 8.38. The average Bonchev–Trinajstić information content (AvgIpc) is 3.37. The monoisotopic (exact) mass is 540 g/mol. The highest BCUT2D eigenvalue weighted by Crippen LogP contribution is 2.39. The number of hydrogen-bond donors (Lipinski definition) is 0. The molecule has 0 spiro atoms. The van der Waals surface area contributed by atoms with Crippen molar-refractivity contribution in [2.24, 2.45) is 5.41 Å². The molecule has 0 radical (unpaired) electrons. The number of imidazole rings is 1. The van der Waals surface area contributed by atoms with E-state index in [0.29, 0.717) is 12.4 Å². The molecule has 8 nitrogen and oxygen atoms in total. The third-order valence-corrected chi connectivity index (χ3v) is 6.78. The van der Waals surface area contributed by atoms with Crippen LogP contribution in [0.15, 0.2) is 91.0 Å². The molecule has 1 aliphatic heterocycles. The maximum Gasteiger partial charge on any atom is 0.328 e. The predicted octanol–water partition coefficient (Wildman–Crippen LogP) is 5.42. The molecule has 0 aliphatic carbocycles. The highest BCUT2D eigenvalue weighted by Gasteiger charge is 2.54. The Morgan fingerprint density at radius 2 is 1.30 bits per heavy atom. The van der Waals surface area contributed by atoms with Crippen LogP contribution >= 0.6 is 0 Å². The smallest absolute Gasteiger partial charge is 0.328 e. The van der Waals surface area contributed by atoms with Gasteiger partial charge < -0.3 is 23.5 Å². The maximum atomic E-state index is 12.9. The zero-order chi connectivity index (χ0) is 28.0. The summed E-state index contributed by atoms with van der Waals surface area (Å²) in [5.41, 5.74) is 2.98. The molecule has 8 heteroatoms. The largest absolute Gasteiger partial charge is 0.465 e. The van der Waals surface area contributed by atoms with Crippen molar-refractivity contribution in [1.82, 2.24) is 9.55 Å². The van der Waals surface area contributed by atoms with E-state index in [1.807, 2.05) is 78.9 Å². The molecular weight excluding hydrogens is 508 g/mol. The lowest BCUT2D eigenvalue weighted by Crippen LogP contribution is -2.52. The Labute approximate surface area is 233 Å². The van der Waals surface area contributed by atoms with Crippen LogP contribution in [0.5, 0.6) is 0 Å². The predicted molar refractivity (Wildman–Crippen MR) is 149 cm³/mol. The van der Waals surface area contributed by atoms with Crippen LogP contribution in [0.1, 0.15) is 31.5 Å². The summed E-state index contributed by atoms with van der Waals surface area (Å²) in [4.78, 5) is 30.9. The molecule has 0 bridgehead atoms. The van der Waals surface area contributed by atoms with Gasteiger partial charge >= 0.3 is 11.9 Å². The Morgan fingerprint density at radius 3 is 1.82 bits per heavy atom. The van der Waals surface area contributed by atoms with Gasteiger partial charge in [-0.15, -0.1) is 0 Å². The molecule has 206 valence electrons. The van der Waals surface area contributed by atoms with E-state index in [0.717, 1.165) is 28.1 Å². The van der Waals surface area contributed by atoms with E-state index in [9.17, 15) is 9.59 Å². The van der Waals surface area contributed by atoms with Crippen LogP contribution in [0.4, 0.5) is 0 Å². The van der Waals surface area contributed by atoms with Crippen LogP contribution in [0.3, 0.4) is 0 Å². The first-order valence-corrected chi connectivity index (χ1v) is 13.4. The van der Waals surface area contributed by atoms with Crippen LogP contribution in [0.2, 0.25) is 0 Å². The summed E-state index contributed by atoms with van der Waals surface area (Å²) < 4.78 is 24.8. The molecule has 0 unspecified atom stereocenters. The highest BCUT2D eigenvalue weighted by atomic mass is 16.7. The molecule has 0 atom stereocenters. The van der Waals surface area contributed by atoms with Crippen molar-refractivity contribution in [3.8, 4) is 22.5 Å². The summed E-state index contributed by atoms with van der Waals surface area (Å²) in [7, 11) is 0. The molecule has 5 rings (SSSR count). The summed E-state index contributed by atoms with van der Waals surface area (Å²) in [6.45, 7) is 3.59. The van der Waals surface area contributed by atoms with E-state index in [1.165, 1.54) is 0 Å². The second-order valence-corrected chi connectivity index (χ2v) is 9.45. The molecule has 40 heavy (non-hydrogen) atoms. The van der Waals surface area contributed by atoms with E-state index < -0.39 is 23.6 Å². The minimum Gasteiger partial charge on any atom is -0.465 e. The minimum absolute atomic E-state index is 0.117. The summed E-state index contributed by atoms with van der Waals surface area (Å²) in [6.07, 6.45) is -0.930. The van der Waals surface area contributed by atoms with E-state index >= 15 is 0 Å². The molecule has 1 aliphatic rings. The van der Waals surface area contributed by atoms with Gasteiger partial charge in [-0.05, 0) is 19.4 Å². The fourth-order valence-corrected chi connectivity index (χ4v) is 4.79. The van der Waals surface area contributed by atoms with Gasteiger partial charge in [-0.25, -0.2) is 4.98 Å². The summed E-state index contributed by atoms with van der Waals surface area (Å²) in [5, 5.41) is 0. The molecule has 0 amide bonds. The average molecular weight is 541 g/mol. The quantitative estimate of drug-likeness (QED) is 0.207. The van der Waals surface area contributed by atoms with Crippen molar-refractivity contribution in [2.45, 2.75) is 26.7 Å². The Bertz CT molecular complexity index is 1410. The lowest BCUT2D eigenvalue weighted by atomic mass is 9.89. The second kappa shape index (κ2) is 12.3. The lowest BCUT2D eigenvalue weighted by Gasteiger charge is -2.35. The Hall–Kier alpha value is -4.27. The highest BCUT2D eigenvalue weighted by molar-refractivity contribution is 6.00. The summed E-state index contributed by atoms with van der Waals surface area (Å²) in [5.74, 6) is -0.924. The molecule has 1 fully saturated rings. The van der Waals surface area contributed by atoms with Crippen LogP contribution in [-0.2, 0) is 35.1 Å². The molecule has 4 aromatic rings. The summed E-state index contributed by atoms with van der Waals surface area (Å²) >= 11 is 0. The van der Waals surface area contributed by atoms with Gasteiger partial charge in [0.05, 0.1) is 37.8 Å². The van der Waals surface area contributed by atoms with Gasteiger partial charge in [0.25, 0.3) is 0 Å². The van der Waals surface area contributed by atoms with E-state index in [1.54, 1.807) is 13.8 Å². The first-order chi connectivity index (χ1) is 19.6. The Balaban J connectivity index is 1.60. The number of rotatable bonds is 9. The number of aromatic nitrogens is 2. The standard InChI is InChI=1S/C32H32N2O6/c1-3-37-30(35)32(31(36)38-4-2)21-39-29(40-22-32)28-33-26(24-16-10-6-11-17-24)27(25-18-12-7-13-19-25)34(28)20-23-14-8-5-9-15-23/h5-19,29H,3-4,20-22H2,1-2H3. The zero-order valence-electron chi connectivity index (χ0n) is 22.6. The molecule has 2 heterocycles. The van der Waals surface area contributed by atoms with Crippen molar-refractivity contribution >= 4 is 11.9 Å². The van der Waals surface area contributed by atoms with Crippen LogP contribution in [0, 0.1) is 5.41 Å². The van der Waals surface area contributed by atoms with Gasteiger partial charge in [-0.1, -0.05) is 91.0 Å². The third kappa shape index (κ3) is 5.41. The SMILES string of the molecule is CCOC(=O)C1(C(=O)OCC)COC(c2nc(-c3ccccc3)c(-c3ccccc3)n2Cc2ccccc2)OC1. The van der Waals surface area contributed by atoms with E-state index in [-0.39, 0.29) is 26.4 Å². The van der Waals surface area contributed by atoms with Crippen molar-refractivity contribution in [3.63, 3.8) is 0 Å². The number of benzene rings is 3. The maximum absolute atomic E-state index is 12.9. The van der Waals surface area contributed by atoms with Crippen LogP contribution in [0.25, 0.3) is 22.5 Å². The summed E-state index contributed by atoms with van der Waals surface area (Å²) in [6, 6.07) is 30.0. The zero-order valence-corrected chi connectivity index (χ0v) is 22.6. The number of carbonyl (C=O) groups is 2. The molecule has 0 N–H and O–H groups in total. The molecular formula is C32H32N2O6. The second-order valence-electron chi connectivity index (χ2n) is 9.45. The fourth-order valence-electron chi connectivity index (χ4n) is 4.79. The van der Waals surface area contributed by atoms with Gasteiger partial charge in [0, 0.05) is 17.7 Å². The molecule has 1 saturated heterocycles. The van der Waals surface area contributed by atoms with E-state index in [4.69, 9.17) is 23.9 Å². The number of hydrogen-bond acceptors (Lipinski definition) is 7. The topological polar surface area (TPSA) is 88.9 Å². The minimum atomic E-state index is -1.70. The van der Waals surface area contributed by atoms with Crippen molar-refractivity contribution in [1.29, 1.82) is 0 Å². The van der Waals surface area contributed by atoms with Crippen molar-refractivity contribution < 1.29 is 28.5 Å². The van der Waals surface area contributed by atoms with Crippen molar-refractivity contribution in [3.05, 3.63) is 102 Å². The van der Waals surface area contributed by atoms with Gasteiger partial charge in [-0.2, -0.15) is 0 Å². The molecule has 0 saturated carbocycles. The third-order valence-electron chi connectivity index (χ3n) is 6.78. The molecule has 1 aromatic heterocycles. The normalized spacial score (nSPS) is 14.9. The lowest BCUT2D eigenvalue weighted by molar-refractivity contribution is -0.246. The first kappa shape index (κ1) is 27.3. The van der Waals surface area contributed by atoms with Crippen LogP contribution < -0.4 is 0 Å². The van der Waals surface area contributed by atoms with Crippen LogP contribution in [-0.4, -0.2) is 47.9 Å². The van der Waals surface area contributed by atoms with Crippen molar-refractivity contribution in [2.75, 3.05) is 26.4 Å². The first-order valence-electron chi connectivity index (χ1n) is 13.4. The fraction of sp³-hybridized carbons (Fsp3) is 0.281. The van der Waals surface area contributed by atoms with Gasteiger partial charge in [-0.3, -0.25) is 9.59 Å². The molecule has 3 aromatic carbocycles. The van der Waals surface area contributed by atoms with Gasteiger partial charge in [0.2, 0.25) is 11.7 Å². The Morgan fingerprint density at radius 1 is 0.800 bits per heavy atom. The number of carbonyl (C=O) groups excluding carboxylic acids is 2. The van der Waals surface area contributed by atoms with E-state index in [2.05, 4.69) is 16.7 Å². The number of nitrogens with zero attached hydrogens (tertiary/aromatic N) is 2. The number of ether oxygens (including phenoxy) is 4. The van der Waals surface area contributed by atoms with Gasteiger partial charge in [0.15, 0.2) is 5.82 Å². The van der Waals surface area contributed by atoms with Gasteiger partial charge in [0.1, 0.15) is 0 Å². The number of esters is 2.